The number of para-hydroxylation sites is 1. The third kappa shape index (κ3) is 4.46. The maximum absolute atomic E-state index is 10.3. The topological polar surface area (TPSA) is 130 Å². The lowest BCUT2D eigenvalue weighted by atomic mass is 9.91. The number of hydrogen-bond acceptors (Lipinski definition) is 8. The van der Waals surface area contributed by atoms with Gasteiger partial charge < -0.3 is 29.9 Å². The second-order valence-electron chi connectivity index (χ2n) is 7.47. The number of aliphatic hydroxyl groups excluding tert-OH is 4. The molecule has 9 heteroatoms. The maximum Gasteiger partial charge on any atom is 0.134 e. The van der Waals surface area contributed by atoms with Crippen LogP contribution in [-0.4, -0.2) is 66.4 Å². The van der Waals surface area contributed by atoms with Crippen molar-refractivity contribution < 1.29 is 29.9 Å². The van der Waals surface area contributed by atoms with E-state index in [9.17, 15) is 20.4 Å². The summed E-state index contributed by atoms with van der Waals surface area (Å²) in [5.41, 5.74) is 2.83. The fourth-order valence-corrected chi connectivity index (χ4v) is 3.53. The molecule has 1 fully saturated rings. The molecule has 9 nitrogen and oxygen atoms in total. The van der Waals surface area contributed by atoms with Crippen LogP contribution in [0.25, 0.3) is 5.69 Å². The number of rotatable bonds is 6. The van der Waals surface area contributed by atoms with Gasteiger partial charge >= 0.3 is 0 Å². The lowest BCUT2D eigenvalue weighted by Gasteiger charge is -2.40. The fourth-order valence-electron chi connectivity index (χ4n) is 3.53. The predicted molar refractivity (Wildman–Crippen MR) is 110 cm³/mol. The second-order valence-corrected chi connectivity index (χ2v) is 7.47. The van der Waals surface area contributed by atoms with Gasteiger partial charge in [0.2, 0.25) is 0 Å². The zero-order chi connectivity index (χ0) is 22.0. The maximum atomic E-state index is 10.3. The Balaban J connectivity index is 1.48. The minimum absolute atomic E-state index is 0.191. The Labute approximate surface area is 179 Å². The van der Waals surface area contributed by atoms with Gasteiger partial charge in [-0.2, -0.15) is 9.90 Å². The SMILES string of the molecule is Cc1nn(-c2ccccc2)nc1COc1cccc(C2O[C@H](CO)[C@@H](O)[C@H](O)[C@@H]2O)c1. The van der Waals surface area contributed by atoms with Gasteiger partial charge in [0, 0.05) is 0 Å². The number of hydrogen-bond donors (Lipinski definition) is 4. The number of aliphatic hydroxyl groups is 4. The van der Waals surface area contributed by atoms with Gasteiger partial charge in [-0.1, -0.05) is 30.3 Å². The van der Waals surface area contributed by atoms with E-state index in [4.69, 9.17) is 9.47 Å². The van der Waals surface area contributed by atoms with E-state index in [0.717, 1.165) is 11.4 Å². The molecular weight excluding hydrogens is 402 g/mol. The molecular formula is C22H25N3O6. The van der Waals surface area contributed by atoms with Crippen LogP contribution in [0, 0.1) is 6.92 Å². The van der Waals surface area contributed by atoms with Crippen LogP contribution in [0.3, 0.4) is 0 Å². The second kappa shape index (κ2) is 9.13. The Morgan fingerprint density at radius 3 is 2.48 bits per heavy atom. The van der Waals surface area contributed by atoms with Gasteiger partial charge in [0.25, 0.3) is 0 Å². The van der Waals surface area contributed by atoms with Gasteiger partial charge in [-0.15, -0.1) is 5.10 Å². The summed E-state index contributed by atoms with van der Waals surface area (Å²) in [6.45, 7) is 1.57. The molecule has 31 heavy (non-hydrogen) atoms. The van der Waals surface area contributed by atoms with E-state index in [1.807, 2.05) is 37.3 Å². The lowest BCUT2D eigenvalue weighted by Crippen LogP contribution is -2.55. The van der Waals surface area contributed by atoms with Gasteiger partial charge in [-0.25, -0.2) is 0 Å². The standard InChI is InChI=1S/C22H25N3O6/c1-13-17(24-25(23-13)15-7-3-2-4-8-15)12-30-16-9-5-6-14(10-16)22-21(29)20(28)19(27)18(11-26)31-22/h2-10,18-22,26-29H,11-12H2,1H3/t18-,19-,20+,21+,22?/m1/s1. The Kier molecular flexibility index (Phi) is 6.30. The van der Waals surface area contributed by atoms with Crippen molar-refractivity contribution in [1.82, 2.24) is 15.0 Å². The summed E-state index contributed by atoms with van der Waals surface area (Å²) in [5, 5.41) is 48.6. The average molecular weight is 427 g/mol. The summed E-state index contributed by atoms with van der Waals surface area (Å²) in [7, 11) is 0. The molecule has 0 aliphatic carbocycles. The third-order valence-corrected chi connectivity index (χ3v) is 5.32. The summed E-state index contributed by atoms with van der Waals surface area (Å²) < 4.78 is 11.5. The van der Waals surface area contributed by atoms with Crippen LogP contribution in [0.15, 0.2) is 54.6 Å². The van der Waals surface area contributed by atoms with Crippen molar-refractivity contribution in [3.63, 3.8) is 0 Å². The quantitative estimate of drug-likeness (QED) is 0.452. The van der Waals surface area contributed by atoms with Crippen molar-refractivity contribution in [2.75, 3.05) is 6.61 Å². The van der Waals surface area contributed by atoms with Crippen LogP contribution in [-0.2, 0) is 11.3 Å². The minimum Gasteiger partial charge on any atom is -0.487 e. The Morgan fingerprint density at radius 2 is 1.74 bits per heavy atom. The molecule has 3 aromatic rings. The van der Waals surface area contributed by atoms with Crippen molar-refractivity contribution in [2.45, 2.75) is 44.1 Å². The van der Waals surface area contributed by atoms with Crippen LogP contribution in [0.5, 0.6) is 5.75 Å². The number of aromatic nitrogens is 3. The Hall–Kier alpha value is -2.82. The van der Waals surface area contributed by atoms with E-state index in [1.54, 1.807) is 29.1 Å². The molecule has 0 radical (unpaired) electrons. The smallest absolute Gasteiger partial charge is 0.134 e. The first-order valence-corrected chi connectivity index (χ1v) is 9.99. The van der Waals surface area contributed by atoms with E-state index >= 15 is 0 Å². The molecule has 5 atom stereocenters. The predicted octanol–water partition coefficient (Wildman–Crippen LogP) is 0.670. The number of benzene rings is 2. The summed E-state index contributed by atoms with van der Waals surface area (Å²) in [6, 6.07) is 16.5. The number of nitrogens with zero attached hydrogens (tertiary/aromatic N) is 3. The normalized spacial score (nSPS) is 26.0. The molecule has 0 amide bonds. The van der Waals surface area contributed by atoms with E-state index in [2.05, 4.69) is 10.2 Å². The molecule has 2 heterocycles. The average Bonchev–Trinajstić information content (AvgIpc) is 3.17. The minimum atomic E-state index is -1.43. The summed E-state index contributed by atoms with van der Waals surface area (Å²) >= 11 is 0. The summed E-state index contributed by atoms with van der Waals surface area (Å²) in [5.74, 6) is 0.517. The van der Waals surface area contributed by atoms with Crippen molar-refractivity contribution in [3.05, 3.63) is 71.5 Å². The number of aryl methyl sites for hydroxylation is 1. The van der Waals surface area contributed by atoms with Crippen LogP contribution in [0.4, 0.5) is 0 Å². The molecule has 1 saturated heterocycles. The summed E-state index contributed by atoms with van der Waals surface area (Å²) in [6.07, 6.45) is -6.06. The highest BCUT2D eigenvalue weighted by Crippen LogP contribution is 2.33. The van der Waals surface area contributed by atoms with Gasteiger partial charge in [-0.3, -0.25) is 0 Å². The molecule has 4 rings (SSSR count). The van der Waals surface area contributed by atoms with Crippen LogP contribution in [0.1, 0.15) is 23.1 Å². The highest BCUT2D eigenvalue weighted by atomic mass is 16.5. The lowest BCUT2D eigenvalue weighted by molar-refractivity contribution is -0.231. The third-order valence-electron chi connectivity index (χ3n) is 5.32. The Bertz CT molecular complexity index is 1010. The van der Waals surface area contributed by atoms with Crippen molar-refractivity contribution >= 4 is 0 Å². The first-order valence-electron chi connectivity index (χ1n) is 9.99. The number of ether oxygens (including phenoxy) is 2. The molecule has 1 aliphatic heterocycles. The zero-order valence-corrected chi connectivity index (χ0v) is 16.9. The monoisotopic (exact) mass is 427 g/mol. The summed E-state index contributed by atoms with van der Waals surface area (Å²) in [4.78, 5) is 1.55. The van der Waals surface area contributed by atoms with E-state index in [0.29, 0.717) is 17.0 Å². The van der Waals surface area contributed by atoms with Crippen LogP contribution in [0.2, 0.25) is 0 Å². The van der Waals surface area contributed by atoms with Gasteiger partial charge in [0.15, 0.2) is 0 Å². The Morgan fingerprint density at radius 1 is 0.968 bits per heavy atom. The van der Waals surface area contributed by atoms with Crippen LogP contribution < -0.4 is 4.74 Å². The van der Waals surface area contributed by atoms with E-state index < -0.39 is 37.1 Å². The van der Waals surface area contributed by atoms with Crippen molar-refractivity contribution in [2.24, 2.45) is 0 Å². The largest absolute Gasteiger partial charge is 0.487 e. The molecule has 0 bridgehead atoms. The first kappa shape index (κ1) is 21.4. The molecule has 0 saturated carbocycles. The molecule has 2 aromatic carbocycles. The molecule has 1 unspecified atom stereocenters. The first-order chi connectivity index (χ1) is 15.0. The van der Waals surface area contributed by atoms with Crippen molar-refractivity contribution in [1.29, 1.82) is 0 Å². The van der Waals surface area contributed by atoms with Crippen molar-refractivity contribution in [3.8, 4) is 11.4 Å². The molecule has 1 aromatic heterocycles. The molecule has 164 valence electrons. The van der Waals surface area contributed by atoms with Crippen LogP contribution >= 0.6 is 0 Å². The molecule has 1 aliphatic rings. The molecule has 4 N–H and O–H groups in total. The fraction of sp³-hybridized carbons (Fsp3) is 0.364. The molecule has 0 spiro atoms. The highest BCUT2D eigenvalue weighted by Gasteiger charge is 2.43. The van der Waals surface area contributed by atoms with Gasteiger partial charge in [0.05, 0.1) is 18.0 Å². The van der Waals surface area contributed by atoms with Gasteiger partial charge in [-0.05, 0) is 36.8 Å². The zero-order valence-electron chi connectivity index (χ0n) is 16.9. The highest BCUT2D eigenvalue weighted by molar-refractivity contribution is 5.32. The van der Waals surface area contributed by atoms with E-state index in [1.165, 1.54) is 0 Å². The van der Waals surface area contributed by atoms with E-state index in [-0.39, 0.29) is 6.61 Å². The van der Waals surface area contributed by atoms with Gasteiger partial charge in [0.1, 0.15) is 48.6 Å².